The second-order valence-corrected chi connectivity index (χ2v) is 5.33. The van der Waals surface area contributed by atoms with Crippen LogP contribution in [0.15, 0.2) is 48.5 Å². The van der Waals surface area contributed by atoms with E-state index < -0.39 is 17.8 Å². The predicted octanol–water partition coefficient (Wildman–Crippen LogP) is 3.59. The number of hydrogen-bond acceptors (Lipinski definition) is 3. The molecule has 0 aliphatic carbocycles. The molecule has 0 aliphatic heterocycles. The molecular formula is C18H19F3N2O3. The standard InChI is InChI=1S/C18H19F3N2O3/c1-25-15-5-7-16(8-6-15)26-10-9-22-17(24)23-12-13-3-2-4-14(11-13)18(19,20)21/h2-8,11H,9-10,12H2,1H3,(H2,22,23,24). The van der Waals surface area contributed by atoms with Gasteiger partial charge in [-0.2, -0.15) is 13.2 Å². The first-order valence-electron chi connectivity index (χ1n) is 7.83. The van der Waals surface area contributed by atoms with E-state index in [1.54, 1.807) is 31.4 Å². The van der Waals surface area contributed by atoms with Crippen LogP contribution in [-0.4, -0.2) is 26.3 Å². The molecule has 0 fully saturated rings. The Balaban J connectivity index is 1.69. The maximum atomic E-state index is 12.6. The normalized spacial score (nSPS) is 10.9. The first kappa shape index (κ1) is 19.4. The van der Waals surface area contributed by atoms with Crippen LogP contribution >= 0.6 is 0 Å². The highest BCUT2D eigenvalue weighted by molar-refractivity contribution is 5.73. The van der Waals surface area contributed by atoms with Crippen LogP contribution in [0.1, 0.15) is 11.1 Å². The second-order valence-electron chi connectivity index (χ2n) is 5.33. The Labute approximate surface area is 149 Å². The van der Waals surface area contributed by atoms with Gasteiger partial charge in [0.25, 0.3) is 0 Å². The van der Waals surface area contributed by atoms with Crippen LogP contribution < -0.4 is 20.1 Å². The van der Waals surface area contributed by atoms with E-state index >= 15 is 0 Å². The molecule has 0 aromatic heterocycles. The molecule has 5 nitrogen and oxygen atoms in total. The van der Waals surface area contributed by atoms with Crippen molar-refractivity contribution in [2.45, 2.75) is 12.7 Å². The maximum absolute atomic E-state index is 12.6. The highest BCUT2D eigenvalue weighted by Gasteiger charge is 2.30. The van der Waals surface area contributed by atoms with Crippen LogP contribution in [0.2, 0.25) is 0 Å². The summed E-state index contributed by atoms with van der Waals surface area (Å²) >= 11 is 0. The Morgan fingerprint density at radius 2 is 1.73 bits per heavy atom. The summed E-state index contributed by atoms with van der Waals surface area (Å²) in [7, 11) is 1.57. The van der Waals surface area contributed by atoms with Crippen molar-refractivity contribution in [3.63, 3.8) is 0 Å². The van der Waals surface area contributed by atoms with Gasteiger partial charge >= 0.3 is 12.2 Å². The van der Waals surface area contributed by atoms with Gasteiger partial charge in [-0.25, -0.2) is 4.79 Å². The molecule has 0 heterocycles. The van der Waals surface area contributed by atoms with Crippen LogP contribution in [0, 0.1) is 0 Å². The minimum atomic E-state index is -4.41. The maximum Gasteiger partial charge on any atom is 0.416 e. The molecule has 2 amide bonds. The summed E-state index contributed by atoms with van der Waals surface area (Å²) in [6.45, 7) is 0.499. The number of nitrogens with one attached hydrogen (secondary N) is 2. The summed E-state index contributed by atoms with van der Waals surface area (Å²) in [4.78, 5) is 11.7. The molecule has 8 heteroatoms. The number of carbonyl (C=O) groups is 1. The minimum absolute atomic E-state index is 0.00487. The molecule has 2 rings (SSSR count). The topological polar surface area (TPSA) is 59.6 Å². The molecule has 0 bridgehead atoms. The monoisotopic (exact) mass is 368 g/mol. The third kappa shape index (κ3) is 6.19. The van der Waals surface area contributed by atoms with Crippen molar-refractivity contribution in [2.24, 2.45) is 0 Å². The summed E-state index contributed by atoms with van der Waals surface area (Å²) in [6.07, 6.45) is -4.41. The number of ether oxygens (including phenoxy) is 2. The zero-order valence-electron chi connectivity index (χ0n) is 14.1. The van der Waals surface area contributed by atoms with Gasteiger partial charge in [0.15, 0.2) is 0 Å². The van der Waals surface area contributed by atoms with E-state index in [4.69, 9.17) is 9.47 Å². The molecule has 2 aromatic rings. The Kier molecular flexibility index (Phi) is 6.71. The number of halogens is 3. The number of methoxy groups -OCH3 is 1. The van der Waals surface area contributed by atoms with Gasteiger partial charge in [0.05, 0.1) is 19.2 Å². The van der Waals surface area contributed by atoms with Crippen molar-refractivity contribution in [3.8, 4) is 11.5 Å². The lowest BCUT2D eigenvalue weighted by Crippen LogP contribution is -2.37. The fraction of sp³-hybridized carbons (Fsp3) is 0.278. The van der Waals surface area contributed by atoms with E-state index in [2.05, 4.69) is 10.6 Å². The van der Waals surface area contributed by atoms with Gasteiger partial charge in [-0.1, -0.05) is 12.1 Å². The zero-order chi connectivity index (χ0) is 19.0. The number of alkyl halides is 3. The van der Waals surface area contributed by atoms with Gasteiger partial charge in [0.1, 0.15) is 18.1 Å². The Morgan fingerprint density at radius 3 is 2.38 bits per heavy atom. The number of hydrogen-bond donors (Lipinski definition) is 2. The van der Waals surface area contributed by atoms with E-state index in [9.17, 15) is 18.0 Å². The van der Waals surface area contributed by atoms with Crippen molar-refractivity contribution in [1.29, 1.82) is 0 Å². The number of amides is 2. The number of rotatable bonds is 7. The minimum Gasteiger partial charge on any atom is -0.497 e. The summed E-state index contributed by atoms with van der Waals surface area (Å²) in [5.41, 5.74) is -0.380. The van der Waals surface area contributed by atoms with E-state index in [0.29, 0.717) is 17.1 Å². The molecule has 0 aliphatic rings. The van der Waals surface area contributed by atoms with Crippen molar-refractivity contribution in [3.05, 3.63) is 59.7 Å². The molecule has 2 aromatic carbocycles. The summed E-state index contributed by atoms with van der Waals surface area (Å²) in [5.74, 6) is 1.35. The first-order valence-corrected chi connectivity index (χ1v) is 7.83. The Morgan fingerprint density at radius 1 is 1.04 bits per heavy atom. The first-order chi connectivity index (χ1) is 12.4. The second kappa shape index (κ2) is 8.98. The van der Waals surface area contributed by atoms with Crippen LogP contribution in [0.4, 0.5) is 18.0 Å². The van der Waals surface area contributed by atoms with Crippen LogP contribution in [-0.2, 0) is 12.7 Å². The molecule has 26 heavy (non-hydrogen) atoms. The van der Waals surface area contributed by atoms with Gasteiger partial charge in [0, 0.05) is 6.54 Å². The molecular weight excluding hydrogens is 349 g/mol. The number of urea groups is 1. The lowest BCUT2D eigenvalue weighted by atomic mass is 10.1. The summed E-state index contributed by atoms with van der Waals surface area (Å²) < 4.78 is 48.4. The summed E-state index contributed by atoms with van der Waals surface area (Å²) in [5, 5.41) is 5.07. The molecule has 0 saturated carbocycles. The Bertz CT molecular complexity index is 718. The fourth-order valence-electron chi connectivity index (χ4n) is 2.11. The SMILES string of the molecule is COc1ccc(OCCNC(=O)NCc2cccc(C(F)(F)F)c2)cc1. The summed E-state index contributed by atoms with van der Waals surface area (Å²) in [6, 6.07) is 11.3. The molecule has 0 saturated heterocycles. The third-order valence-electron chi connectivity index (χ3n) is 3.42. The molecule has 0 unspecified atom stereocenters. The number of benzene rings is 2. The average Bonchev–Trinajstić information content (AvgIpc) is 2.63. The van der Waals surface area contributed by atoms with E-state index in [0.717, 1.165) is 12.1 Å². The third-order valence-corrected chi connectivity index (χ3v) is 3.42. The van der Waals surface area contributed by atoms with Crippen molar-refractivity contribution in [1.82, 2.24) is 10.6 Å². The molecule has 0 atom stereocenters. The van der Waals surface area contributed by atoms with Gasteiger partial charge in [-0.3, -0.25) is 0 Å². The number of carbonyl (C=O) groups excluding carboxylic acids is 1. The van der Waals surface area contributed by atoms with Crippen LogP contribution in [0.5, 0.6) is 11.5 Å². The molecule has 0 radical (unpaired) electrons. The van der Waals surface area contributed by atoms with Crippen molar-refractivity contribution in [2.75, 3.05) is 20.3 Å². The van der Waals surface area contributed by atoms with Gasteiger partial charge in [-0.05, 0) is 42.0 Å². The lowest BCUT2D eigenvalue weighted by molar-refractivity contribution is -0.137. The van der Waals surface area contributed by atoms with Gasteiger partial charge in [0.2, 0.25) is 0 Å². The molecule has 2 N–H and O–H groups in total. The van der Waals surface area contributed by atoms with E-state index in [1.807, 2.05) is 0 Å². The van der Waals surface area contributed by atoms with Gasteiger partial charge in [-0.15, -0.1) is 0 Å². The van der Waals surface area contributed by atoms with Crippen molar-refractivity contribution < 1.29 is 27.4 Å². The van der Waals surface area contributed by atoms with E-state index in [1.165, 1.54) is 12.1 Å². The van der Waals surface area contributed by atoms with Gasteiger partial charge < -0.3 is 20.1 Å². The zero-order valence-corrected chi connectivity index (χ0v) is 14.1. The van der Waals surface area contributed by atoms with Crippen molar-refractivity contribution >= 4 is 6.03 Å². The fourth-order valence-corrected chi connectivity index (χ4v) is 2.11. The lowest BCUT2D eigenvalue weighted by Gasteiger charge is -2.11. The average molecular weight is 368 g/mol. The molecule has 0 spiro atoms. The van der Waals surface area contributed by atoms with Crippen LogP contribution in [0.25, 0.3) is 0 Å². The largest absolute Gasteiger partial charge is 0.497 e. The van der Waals surface area contributed by atoms with E-state index in [-0.39, 0.29) is 19.7 Å². The quantitative estimate of drug-likeness (QED) is 0.735. The smallest absolute Gasteiger partial charge is 0.416 e. The Hall–Kier alpha value is -2.90. The van der Waals surface area contributed by atoms with Crippen LogP contribution in [0.3, 0.4) is 0 Å². The predicted molar refractivity (Wildman–Crippen MR) is 90.2 cm³/mol. The molecule has 140 valence electrons. The highest BCUT2D eigenvalue weighted by atomic mass is 19.4. The highest BCUT2D eigenvalue weighted by Crippen LogP contribution is 2.29.